The molecule has 6 heteroatoms. The summed E-state index contributed by atoms with van der Waals surface area (Å²) in [6.45, 7) is 2.88. The van der Waals surface area contributed by atoms with Gasteiger partial charge in [0.05, 0.1) is 11.0 Å². The van der Waals surface area contributed by atoms with Crippen LogP contribution in [0.2, 0.25) is 5.02 Å². The number of amides is 1. The highest BCUT2D eigenvalue weighted by atomic mass is 35.5. The van der Waals surface area contributed by atoms with Crippen LogP contribution in [0, 0.1) is 0 Å². The molecule has 0 unspecified atom stereocenters. The molecule has 0 aliphatic carbocycles. The number of fused-ring (bicyclic) bond motifs is 1. The van der Waals surface area contributed by atoms with Gasteiger partial charge in [-0.05, 0) is 43.3 Å². The van der Waals surface area contributed by atoms with Crippen molar-refractivity contribution in [2.24, 2.45) is 0 Å². The van der Waals surface area contributed by atoms with Gasteiger partial charge in [-0.2, -0.15) is 0 Å². The molecule has 0 atom stereocenters. The minimum atomic E-state index is -0.141. The number of aryl methyl sites for hydroxylation is 2. The summed E-state index contributed by atoms with van der Waals surface area (Å²) in [5, 5.41) is 3.43. The van der Waals surface area contributed by atoms with Gasteiger partial charge in [-0.3, -0.25) is 13.9 Å². The van der Waals surface area contributed by atoms with E-state index in [0.717, 1.165) is 11.0 Å². The third-order valence-electron chi connectivity index (χ3n) is 3.93. The van der Waals surface area contributed by atoms with Crippen LogP contribution in [-0.2, 0) is 17.9 Å². The topological polar surface area (TPSA) is 56.0 Å². The molecular weight excluding hydrogens is 326 g/mol. The zero-order chi connectivity index (χ0) is 17.1. The molecule has 3 aromatic rings. The second-order valence-corrected chi connectivity index (χ2v) is 5.91. The first-order valence-electron chi connectivity index (χ1n) is 7.83. The molecule has 0 saturated heterocycles. The molecular formula is C18H18ClN3O2. The van der Waals surface area contributed by atoms with Crippen molar-refractivity contribution in [3.63, 3.8) is 0 Å². The number of para-hydroxylation sites is 2. The summed E-state index contributed by atoms with van der Waals surface area (Å²) in [4.78, 5) is 24.6. The van der Waals surface area contributed by atoms with E-state index < -0.39 is 0 Å². The van der Waals surface area contributed by atoms with E-state index in [0.29, 0.717) is 23.8 Å². The first-order valence-corrected chi connectivity index (χ1v) is 8.21. The van der Waals surface area contributed by atoms with Crippen LogP contribution in [-0.4, -0.2) is 15.0 Å². The molecule has 0 bridgehead atoms. The second-order valence-electron chi connectivity index (χ2n) is 5.47. The van der Waals surface area contributed by atoms with E-state index in [-0.39, 0.29) is 18.0 Å². The molecule has 1 heterocycles. The highest BCUT2D eigenvalue weighted by molar-refractivity contribution is 6.30. The number of anilines is 1. The third kappa shape index (κ3) is 3.21. The highest BCUT2D eigenvalue weighted by Gasteiger charge is 2.12. The second kappa shape index (κ2) is 6.93. The fourth-order valence-corrected chi connectivity index (χ4v) is 2.89. The first kappa shape index (κ1) is 16.3. The van der Waals surface area contributed by atoms with Crippen molar-refractivity contribution in [2.45, 2.75) is 26.4 Å². The third-order valence-corrected chi connectivity index (χ3v) is 4.18. The molecule has 24 heavy (non-hydrogen) atoms. The number of rotatable bonds is 5. The van der Waals surface area contributed by atoms with Crippen LogP contribution in [0.4, 0.5) is 5.69 Å². The fraction of sp³-hybridized carbons (Fsp3) is 0.222. The number of nitrogens with one attached hydrogen (secondary N) is 1. The summed E-state index contributed by atoms with van der Waals surface area (Å²) in [6.07, 6.45) is 0.222. The minimum absolute atomic E-state index is 0.0852. The van der Waals surface area contributed by atoms with Crippen molar-refractivity contribution >= 4 is 34.2 Å². The lowest BCUT2D eigenvalue weighted by atomic mass is 10.3. The smallest absolute Gasteiger partial charge is 0.326 e. The number of carbonyl (C=O) groups is 1. The Balaban J connectivity index is 1.76. The van der Waals surface area contributed by atoms with E-state index in [1.54, 1.807) is 33.4 Å². The van der Waals surface area contributed by atoms with E-state index in [2.05, 4.69) is 5.32 Å². The van der Waals surface area contributed by atoms with Gasteiger partial charge in [-0.15, -0.1) is 0 Å². The molecule has 0 aliphatic rings. The van der Waals surface area contributed by atoms with Crippen molar-refractivity contribution in [3.8, 4) is 0 Å². The molecule has 0 radical (unpaired) electrons. The number of benzene rings is 2. The standard InChI is InChI=1S/C18H18ClN3O2/c1-2-21-15-5-3-4-6-16(15)22(18(21)24)12-11-17(23)20-14-9-7-13(19)8-10-14/h3-10H,2,11-12H2,1H3,(H,20,23). The average molecular weight is 344 g/mol. The molecule has 124 valence electrons. The number of hydrogen-bond donors (Lipinski definition) is 1. The van der Waals surface area contributed by atoms with Crippen LogP contribution < -0.4 is 11.0 Å². The lowest BCUT2D eigenvalue weighted by Gasteiger charge is -2.06. The van der Waals surface area contributed by atoms with Gasteiger partial charge in [0.15, 0.2) is 0 Å². The predicted octanol–water partition coefficient (Wildman–Crippen LogP) is 3.51. The van der Waals surface area contributed by atoms with Gasteiger partial charge in [0.1, 0.15) is 0 Å². The Labute approximate surface area is 144 Å². The minimum Gasteiger partial charge on any atom is -0.326 e. The van der Waals surface area contributed by atoms with Crippen LogP contribution in [0.25, 0.3) is 11.0 Å². The number of halogens is 1. The van der Waals surface area contributed by atoms with Crippen LogP contribution in [0.3, 0.4) is 0 Å². The monoisotopic (exact) mass is 343 g/mol. The average Bonchev–Trinajstić information content (AvgIpc) is 2.86. The van der Waals surface area contributed by atoms with E-state index in [1.165, 1.54) is 0 Å². The summed E-state index contributed by atoms with van der Waals surface area (Å²) in [7, 11) is 0. The lowest BCUT2D eigenvalue weighted by Crippen LogP contribution is -2.25. The van der Waals surface area contributed by atoms with Gasteiger partial charge < -0.3 is 5.32 Å². The normalized spacial score (nSPS) is 10.9. The number of carbonyl (C=O) groups excluding carboxylic acids is 1. The molecule has 2 aromatic carbocycles. The maximum Gasteiger partial charge on any atom is 0.329 e. The Morgan fingerprint density at radius 1 is 1.04 bits per heavy atom. The molecule has 0 spiro atoms. The van der Waals surface area contributed by atoms with E-state index >= 15 is 0 Å². The van der Waals surface area contributed by atoms with Crippen molar-refractivity contribution < 1.29 is 4.79 Å². The molecule has 0 fully saturated rings. The summed E-state index contributed by atoms with van der Waals surface area (Å²) >= 11 is 5.83. The largest absolute Gasteiger partial charge is 0.329 e. The van der Waals surface area contributed by atoms with Gasteiger partial charge in [-0.25, -0.2) is 4.79 Å². The number of imidazole rings is 1. The lowest BCUT2D eigenvalue weighted by molar-refractivity contribution is -0.116. The Kier molecular flexibility index (Phi) is 4.71. The Bertz CT molecular complexity index is 926. The maximum absolute atomic E-state index is 12.5. The van der Waals surface area contributed by atoms with Gasteiger partial charge in [0, 0.05) is 30.2 Å². The molecule has 1 aromatic heterocycles. The number of aromatic nitrogens is 2. The van der Waals surface area contributed by atoms with Gasteiger partial charge >= 0.3 is 5.69 Å². The van der Waals surface area contributed by atoms with Crippen molar-refractivity contribution in [1.82, 2.24) is 9.13 Å². The molecule has 0 aliphatic heterocycles. The fourth-order valence-electron chi connectivity index (χ4n) is 2.76. The highest BCUT2D eigenvalue weighted by Crippen LogP contribution is 2.15. The molecule has 1 amide bonds. The molecule has 1 N–H and O–H groups in total. The van der Waals surface area contributed by atoms with Gasteiger partial charge in [0.25, 0.3) is 0 Å². The molecule has 3 rings (SSSR count). The summed E-state index contributed by atoms with van der Waals surface area (Å²) in [5.41, 5.74) is 2.34. The van der Waals surface area contributed by atoms with Crippen molar-refractivity contribution in [1.29, 1.82) is 0 Å². The summed E-state index contributed by atoms with van der Waals surface area (Å²) in [5.74, 6) is -0.141. The van der Waals surface area contributed by atoms with Crippen molar-refractivity contribution in [3.05, 3.63) is 64.0 Å². The first-order chi connectivity index (χ1) is 11.6. The SMILES string of the molecule is CCn1c(=O)n(CCC(=O)Nc2ccc(Cl)cc2)c2ccccc21. The van der Waals surface area contributed by atoms with Crippen LogP contribution >= 0.6 is 11.6 Å². The number of nitrogens with zero attached hydrogens (tertiary/aromatic N) is 2. The van der Waals surface area contributed by atoms with E-state index in [1.807, 2.05) is 31.2 Å². The molecule has 5 nitrogen and oxygen atoms in total. The summed E-state index contributed by atoms with van der Waals surface area (Å²) in [6, 6.07) is 14.6. The Morgan fingerprint density at radius 2 is 1.67 bits per heavy atom. The van der Waals surface area contributed by atoms with E-state index in [4.69, 9.17) is 11.6 Å². The van der Waals surface area contributed by atoms with Crippen LogP contribution in [0.1, 0.15) is 13.3 Å². The van der Waals surface area contributed by atoms with E-state index in [9.17, 15) is 9.59 Å². The number of hydrogen-bond acceptors (Lipinski definition) is 2. The quantitative estimate of drug-likeness (QED) is 0.770. The zero-order valence-corrected chi connectivity index (χ0v) is 14.1. The zero-order valence-electron chi connectivity index (χ0n) is 13.3. The Hall–Kier alpha value is -2.53. The maximum atomic E-state index is 12.5. The molecule has 0 saturated carbocycles. The Morgan fingerprint density at radius 3 is 2.29 bits per heavy atom. The van der Waals surface area contributed by atoms with Crippen LogP contribution in [0.5, 0.6) is 0 Å². The van der Waals surface area contributed by atoms with Crippen molar-refractivity contribution in [2.75, 3.05) is 5.32 Å². The predicted molar refractivity (Wildman–Crippen MR) is 96.6 cm³/mol. The van der Waals surface area contributed by atoms with Crippen LogP contribution in [0.15, 0.2) is 53.3 Å². The summed E-state index contributed by atoms with van der Waals surface area (Å²) < 4.78 is 3.37. The van der Waals surface area contributed by atoms with Gasteiger partial charge in [-0.1, -0.05) is 23.7 Å². The van der Waals surface area contributed by atoms with Gasteiger partial charge in [0.2, 0.25) is 5.91 Å².